The first kappa shape index (κ1) is 11.8. The number of H-pyrrole nitrogens is 1. The number of rotatable bonds is 2. The summed E-state index contributed by atoms with van der Waals surface area (Å²) < 4.78 is 0. The van der Waals surface area contributed by atoms with Gasteiger partial charge in [-0.25, -0.2) is 4.79 Å². The van der Waals surface area contributed by atoms with Gasteiger partial charge in [0.2, 0.25) is 0 Å². The highest BCUT2D eigenvalue weighted by Gasteiger charge is 2.27. The Morgan fingerprint density at radius 3 is 2.74 bits per heavy atom. The SMILES string of the molecule is O=C(O)c1ccc2[nH]c3c(c2c1)CCC(C(=O)O)C3. The van der Waals surface area contributed by atoms with Crippen molar-refractivity contribution in [3.05, 3.63) is 35.0 Å². The highest BCUT2D eigenvalue weighted by atomic mass is 16.4. The number of aliphatic carboxylic acids is 1. The van der Waals surface area contributed by atoms with Crippen molar-refractivity contribution in [3.8, 4) is 0 Å². The van der Waals surface area contributed by atoms with Crippen molar-refractivity contribution in [3.63, 3.8) is 0 Å². The van der Waals surface area contributed by atoms with Crippen molar-refractivity contribution in [2.75, 3.05) is 0 Å². The number of aromatic amines is 1. The maximum Gasteiger partial charge on any atom is 0.335 e. The Labute approximate surface area is 108 Å². The van der Waals surface area contributed by atoms with Crippen LogP contribution in [0.15, 0.2) is 18.2 Å². The molecule has 5 heteroatoms. The van der Waals surface area contributed by atoms with Gasteiger partial charge >= 0.3 is 11.9 Å². The summed E-state index contributed by atoms with van der Waals surface area (Å²) in [5.41, 5.74) is 3.13. The highest BCUT2D eigenvalue weighted by Crippen LogP contribution is 2.32. The number of aromatic nitrogens is 1. The Morgan fingerprint density at radius 1 is 1.26 bits per heavy atom. The fourth-order valence-electron chi connectivity index (χ4n) is 2.77. The maximum absolute atomic E-state index is 11.0. The molecule has 1 unspecified atom stereocenters. The summed E-state index contributed by atoms with van der Waals surface area (Å²) in [6.07, 6.45) is 1.77. The summed E-state index contributed by atoms with van der Waals surface area (Å²) in [5.74, 6) is -2.06. The van der Waals surface area contributed by atoms with E-state index in [4.69, 9.17) is 10.2 Å². The summed E-state index contributed by atoms with van der Waals surface area (Å²) in [6.45, 7) is 0. The van der Waals surface area contributed by atoms with Gasteiger partial charge in [0.25, 0.3) is 0 Å². The van der Waals surface area contributed by atoms with Crippen molar-refractivity contribution in [2.45, 2.75) is 19.3 Å². The lowest BCUT2D eigenvalue weighted by Gasteiger charge is -2.18. The molecule has 0 aliphatic heterocycles. The van der Waals surface area contributed by atoms with Crippen LogP contribution >= 0.6 is 0 Å². The van der Waals surface area contributed by atoms with Gasteiger partial charge in [0, 0.05) is 23.0 Å². The van der Waals surface area contributed by atoms with E-state index in [0.29, 0.717) is 19.3 Å². The van der Waals surface area contributed by atoms with Gasteiger partial charge in [-0.1, -0.05) is 0 Å². The fourth-order valence-corrected chi connectivity index (χ4v) is 2.77. The average molecular weight is 259 g/mol. The van der Waals surface area contributed by atoms with Crippen LogP contribution in [0, 0.1) is 5.92 Å². The van der Waals surface area contributed by atoms with Crippen LogP contribution in [0.25, 0.3) is 10.9 Å². The molecular weight excluding hydrogens is 246 g/mol. The topological polar surface area (TPSA) is 90.4 Å². The lowest BCUT2D eigenvalue weighted by atomic mass is 9.87. The zero-order valence-corrected chi connectivity index (χ0v) is 10.1. The Kier molecular flexibility index (Phi) is 2.55. The van der Waals surface area contributed by atoms with E-state index in [1.165, 1.54) is 0 Å². The zero-order valence-electron chi connectivity index (χ0n) is 10.1. The second-order valence-corrected chi connectivity index (χ2v) is 4.93. The molecule has 1 aliphatic rings. The van der Waals surface area contributed by atoms with Gasteiger partial charge in [0.15, 0.2) is 0 Å². The molecule has 1 aromatic heterocycles. The molecule has 5 nitrogen and oxygen atoms in total. The second kappa shape index (κ2) is 4.12. The third-order valence-electron chi connectivity index (χ3n) is 3.78. The molecule has 1 heterocycles. The van der Waals surface area contributed by atoms with Gasteiger partial charge in [0.1, 0.15) is 0 Å². The van der Waals surface area contributed by atoms with E-state index >= 15 is 0 Å². The van der Waals surface area contributed by atoms with Crippen LogP contribution in [0.3, 0.4) is 0 Å². The Balaban J connectivity index is 2.09. The van der Waals surface area contributed by atoms with E-state index in [9.17, 15) is 9.59 Å². The van der Waals surface area contributed by atoms with Crippen LogP contribution in [0.5, 0.6) is 0 Å². The lowest BCUT2D eigenvalue weighted by molar-refractivity contribution is -0.142. The predicted octanol–water partition coefficient (Wildman–Crippen LogP) is 2.06. The molecule has 0 amide bonds. The molecule has 0 spiro atoms. The number of fused-ring (bicyclic) bond motifs is 3. The van der Waals surface area contributed by atoms with Gasteiger partial charge in [-0.05, 0) is 36.6 Å². The Bertz CT molecular complexity index is 686. The van der Waals surface area contributed by atoms with Gasteiger partial charge in [-0.15, -0.1) is 0 Å². The summed E-state index contributed by atoms with van der Waals surface area (Å²) in [5, 5.41) is 19.0. The van der Waals surface area contributed by atoms with Gasteiger partial charge in [-0.3, -0.25) is 4.79 Å². The van der Waals surface area contributed by atoms with E-state index < -0.39 is 11.9 Å². The van der Waals surface area contributed by atoms with Crippen molar-refractivity contribution in [1.82, 2.24) is 4.98 Å². The molecule has 3 rings (SSSR count). The third-order valence-corrected chi connectivity index (χ3v) is 3.78. The molecular formula is C14H13NO4. The van der Waals surface area contributed by atoms with E-state index in [0.717, 1.165) is 22.2 Å². The first-order valence-corrected chi connectivity index (χ1v) is 6.16. The zero-order chi connectivity index (χ0) is 13.6. The molecule has 0 saturated carbocycles. The summed E-state index contributed by atoms with van der Waals surface area (Å²) >= 11 is 0. The maximum atomic E-state index is 11.0. The molecule has 1 atom stereocenters. The molecule has 3 N–H and O–H groups in total. The minimum Gasteiger partial charge on any atom is -0.481 e. The lowest BCUT2D eigenvalue weighted by Crippen LogP contribution is -2.21. The Morgan fingerprint density at radius 2 is 2.05 bits per heavy atom. The fraction of sp³-hybridized carbons (Fsp3) is 0.286. The quantitative estimate of drug-likeness (QED) is 0.769. The number of carboxylic acids is 2. The highest BCUT2D eigenvalue weighted by molar-refractivity contribution is 5.95. The predicted molar refractivity (Wildman–Crippen MR) is 68.4 cm³/mol. The first-order chi connectivity index (χ1) is 9.06. The molecule has 1 aliphatic carbocycles. The number of benzene rings is 1. The largest absolute Gasteiger partial charge is 0.481 e. The number of hydrogen-bond acceptors (Lipinski definition) is 2. The molecule has 0 bridgehead atoms. The molecule has 1 aromatic carbocycles. The number of nitrogens with one attached hydrogen (secondary N) is 1. The standard InChI is InChI=1S/C14H13NO4/c16-13(17)7-2-4-11-10(5-7)9-3-1-8(14(18)19)6-12(9)15-11/h2,4-5,8,15H,1,3,6H2,(H,16,17)(H,18,19). The van der Waals surface area contributed by atoms with Crippen molar-refractivity contribution >= 4 is 22.8 Å². The van der Waals surface area contributed by atoms with Gasteiger partial charge in [0.05, 0.1) is 11.5 Å². The van der Waals surface area contributed by atoms with Crippen molar-refractivity contribution < 1.29 is 19.8 Å². The number of carbonyl (C=O) groups is 2. The van der Waals surface area contributed by atoms with Crippen LogP contribution in [0.1, 0.15) is 28.0 Å². The van der Waals surface area contributed by atoms with Crippen LogP contribution in [-0.2, 0) is 17.6 Å². The Hall–Kier alpha value is -2.30. The van der Waals surface area contributed by atoms with E-state index in [1.54, 1.807) is 18.2 Å². The van der Waals surface area contributed by atoms with Crippen LogP contribution in [-0.4, -0.2) is 27.1 Å². The molecule has 0 radical (unpaired) electrons. The first-order valence-electron chi connectivity index (χ1n) is 6.16. The number of hydrogen-bond donors (Lipinski definition) is 3. The normalized spacial score (nSPS) is 18.2. The number of aromatic carboxylic acids is 1. The monoisotopic (exact) mass is 259 g/mol. The van der Waals surface area contributed by atoms with Gasteiger partial charge in [-0.2, -0.15) is 0 Å². The molecule has 2 aromatic rings. The van der Waals surface area contributed by atoms with Crippen LogP contribution in [0.2, 0.25) is 0 Å². The van der Waals surface area contributed by atoms with Crippen molar-refractivity contribution in [1.29, 1.82) is 0 Å². The van der Waals surface area contributed by atoms with E-state index in [-0.39, 0.29) is 11.5 Å². The molecule has 0 fully saturated rings. The molecule has 19 heavy (non-hydrogen) atoms. The minimum absolute atomic E-state index is 0.259. The van der Waals surface area contributed by atoms with Gasteiger partial charge < -0.3 is 15.2 Å². The van der Waals surface area contributed by atoms with Crippen molar-refractivity contribution in [2.24, 2.45) is 5.92 Å². The average Bonchev–Trinajstić information content (AvgIpc) is 2.74. The summed E-state index contributed by atoms with van der Waals surface area (Å²) in [7, 11) is 0. The minimum atomic E-state index is -0.948. The summed E-state index contributed by atoms with van der Waals surface area (Å²) in [4.78, 5) is 25.2. The van der Waals surface area contributed by atoms with E-state index in [1.807, 2.05) is 0 Å². The summed E-state index contributed by atoms with van der Waals surface area (Å²) in [6, 6.07) is 4.96. The molecule has 0 saturated heterocycles. The number of carboxylic acid groups (broad SMARTS) is 2. The molecule has 98 valence electrons. The van der Waals surface area contributed by atoms with E-state index in [2.05, 4.69) is 4.98 Å². The van der Waals surface area contributed by atoms with Crippen LogP contribution in [0.4, 0.5) is 0 Å². The third kappa shape index (κ3) is 1.87. The second-order valence-electron chi connectivity index (χ2n) is 4.93. The smallest absolute Gasteiger partial charge is 0.335 e. The van der Waals surface area contributed by atoms with Crippen LogP contribution < -0.4 is 0 Å². The number of aryl methyl sites for hydroxylation is 1.